The van der Waals surface area contributed by atoms with Crippen LogP contribution in [0, 0.1) is 4.78 Å². The first kappa shape index (κ1) is 20.2. The number of nitrogens with two attached hydrogens (primary N) is 1. The fourth-order valence-electron chi connectivity index (χ4n) is 2.09. The van der Waals surface area contributed by atoms with E-state index in [2.05, 4.69) is 0 Å². The Labute approximate surface area is 133 Å². The molecule has 1 aliphatic heterocycles. The van der Waals surface area contributed by atoms with Crippen LogP contribution in [0.15, 0.2) is 0 Å². The second-order valence-corrected chi connectivity index (χ2v) is 8.02. The van der Waals surface area contributed by atoms with E-state index in [1.54, 1.807) is 0 Å². The SMILES string of the molecule is N=S(=O)(CCCC(F)(F)F)CC[C@H](N)C(=O)OC1CCOCC1. The summed E-state index contributed by atoms with van der Waals surface area (Å²) in [4.78, 5) is 11.8. The molecule has 1 rings (SSSR count). The first-order valence-corrected chi connectivity index (χ1v) is 9.33. The van der Waals surface area contributed by atoms with E-state index in [9.17, 15) is 22.2 Å². The maximum atomic E-state index is 12.0. The number of esters is 1. The van der Waals surface area contributed by atoms with Crippen molar-refractivity contribution in [3.05, 3.63) is 0 Å². The van der Waals surface area contributed by atoms with Crippen molar-refractivity contribution in [2.75, 3.05) is 24.7 Å². The molecule has 0 aromatic rings. The Balaban J connectivity index is 2.29. The van der Waals surface area contributed by atoms with Gasteiger partial charge in [-0.3, -0.25) is 9.57 Å². The Morgan fingerprint density at radius 3 is 2.52 bits per heavy atom. The second kappa shape index (κ2) is 8.84. The zero-order valence-electron chi connectivity index (χ0n) is 12.8. The third kappa shape index (κ3) is 9.11. The molecule has 1 saturated heterocycles. The molecule has 0 spiro atoms. The molecule has 0 aromatic carbocycles. The topological polar surface area (TPSA) is 102 Å². The van der Waals surface area contributed by atoms with Crippen LogP contribution in [0.3, 0.4) is 0 Å². The molecule has 0 amide bonds. The van der Waals surface area contributed by atoms with Gasteiger partial charge < -0.3 is 15.2 Å². The van der Waals surface area contributed by atoms with Crippen molar-refractivity contribution in [1.29, 1.82) is 4.78 Å². The third-order valence-corrected chi connectivity index (χ3v) is 5.29. The first-order valence-electron chi connectivity index (χ1n) is 7.44. The number of ether oxygens (including phenoxy) is 2. The summed E-state index contributed by atoms with van der Waals surface area (Å²) in [5, 5.41) is 0. The molecule has 23 heavy (non-hydrogen) atoms. The Morgan fingerprint density at radius 1 is 1.35 bits per heavy atom. The number of hydrogen-bond acceptors (Lipinski definition) is 6. The van der Waals surface area contributed by atoms with Gasteiger partial charge in [0.1, 0.15) is 12.1 Å². The summed E-state index contributed by atoms with van der Waals surface area (Å²) in [6, 6.07) is -1.02. The van der Waals surface area contributed by atoms with Crippen LogP contribution in [0.2, 0.25) is 0 Å². The molecule has 0 aliphatic carbocycles. The quantitative estimate of drug-likeness (QED) is 0.643. The zero-order valence-corrected chi connectivity index (χ0v) is 13.6. The van der Waals surface area contributed by atoms with Crippen molar-refractivity contribution < 1.29 is 31.6 Å². The van der Waals surface area contributed by atoms with Gasteiger partial charge >= 0.3 is 12.1 Å². The molecule has 1 fully saturated rings. The molecule has 0 radical (unpaired) electrons. The highest BCUT2D eigenvalue weighted by Gasteiger charge is 2.27. The highest BCUT2D eigenvalue weighted by atomic mass is 32.2. The maximum Gasteiger partial charge on any atom is 0.389 e. The van der Waals surface area contributed by atoms with E-state index >= 15 is 0 Å². The number of carbonyl (C=O) groups is 1. The van der Waals surface area contributed by atoms with E-state index in [-0.39, 0.29) is 30.5 Å². The monoisotopic (exact) mass is 360 g/mol. The van der Waals surface area contributed by atoms with Crippen molar-refractivity contribution >= 4 is 15.7 Å². The summed E-state index contributed by atoms with van der Waals surface area (Å²) >= 11 is 0. The van der Waals surface area contributed by atoms with Crippen LogP contribution in [0.1, 0.15) is 32.1 Å². The summed E-state index contributed by atoms with van der Waals surface area (Å²) in [5.74, 6) is -1.20. The average Bonchev–Trinajstić information content (AvgIpc) is 2.44. The molecule has 136 valence electrons. The number of hydrogen-bond donors (Lipinski definition) is 2. The minimum absolute atomic E-state index is 0.0452. The van der Waals surface area contributed by atoms with Crippen LogP contribution in [0.4, 0.5) is 13.2 Å². The van der Waals surface area contributed by atoms with Gasteiger partial charge in [0, 0.05) is 40.5 Å². The molecule has 0 aromatic heterocycles. The minimum atomic E-state index is -4.32. The van der Waals surface area contributed by atoms with Crippen molar-refractivity contribution in [3.63, 3.8) is 0 Å². The minimum Gasteiger partial charge on any atom is -0.461 e. The van der Waals surface area contributed by atoms with Gasteiger partial charge in [0.25, 0.3) is 0 Å². The molecule has 1 aliphatic rings. The lowest BCUT2D eigenvalue weighted by molar-refractivity contribution is -0.154. The molecule has 3 N–H and O–H groups in total. The summed E-state index contributed by atoms with van der Waals surface area (Å²) < 4.78 is 65.8. The van der Waals surface area contributed by atoms with E-state index in [1.165, 1.54) is 0 Å². The van der Waals surface area contributed by atoms with Gasteiger partial charge in [-0.1, -0.05) is 0 Å². The number of carbonyl (C=O) groups excluding carboxylic acids is 1. The van der Waals surface area contributed by atoms with E-state index in [0.29, 0.717) is 26.1 Å². The van der Waals surface area contributed by atoms with E-state index in [1.807, 2.05) is 0 Å². The summed E-state index contributed by atoms with van der Waals surface area (Å²) in [7, 11) is -3.17. The average molecular weight is 360 g/mol. The Bertz CT molecular complexity index is 476. The fraction of sp³-hybridized carbons (Fsp3) is 0.923. The summed E-state index contributed by atoms with van der Waals surface area (Å²) in [6.07, 6.45) is -4.88. The third-order valence-electron chi connectivity index (χ3n) is 3.45. The molecule has 6 nitrogen and oxygen atoms in total. The molecule has 0 saturated carbocycles. The molecule has 1 heterocycles. The van der Waals surface area contributed by atoms with Crippen LogP contribution in [-0.4, -0.2) is 53.2 Å². The predicted octanol–water partition coefficient (Wildman–Crippen LogP) is 1.82. The van der Waals surface area contributed by atoms with E-state index < -0.39 is 34.3 Å². The second-order valence-electron chi connectivity index (χ2n) is 5.58. The zero-order chi connectivity index (χ0) is 17.5. The lowest BCUT2D eigenvalue weighted by Crippen LogP contribution is -2.38. The van der Waals surface area contributed by atoms with Gasteiger partial charge in [-0.05, 0) is 12.8 Å². The van der Waals surface area contributed by atoms with Gasteiger partial charge in [0.15, 0.2) is 0 Å². The van der Waals surface area contributed by atoms with Crippen LogP contribution in [0.25, 0.3) is 0 Å². The summed E-state index contributed by atoms with van der Waals surface area (Å²) in [5.41, 5.74) is 5.64. The van der Waals surface area contributed by atoms with Gasteiger partial charge in [-0.25, -0.2) is 4.21 Å². The lowest BCUT2D eigenvalue weighted by atomic mass is 10.1. The Hall–Kier alpha value is -0.870. The molecule has 0 bridgehead atoms. The lowest BCUT2D eigenvalue weighted by Gasteiger charge is -2.23. The molecule has 10 heteroatoms. The molecule has 1 unspecified atom stereocenters. The number of nitrogens with one attached hydrogen (secondary N) is 1. The highest BCUT2D eigenvalue weighted by Crippen LogP contribution is 2.22. The smallest absolute Gasteiger partial charge is 0.389 e. The number of rotatable bonds is 8. The van der Waals surface area contributed by atoms with Crippen molar-refractivity contribution in [1.82, 2.24) is 0 Å². The van der Waals surface area contributed by atoms with Crippen LogP contribution >= 0.6 is 0 Å². The van der Waals surface area contributed by atoms with E-state index in [0.717, 1.165) is 0 Å². The Morgan fingerprint density at radius 2 is 1.96 bits per heavy atom. The molecule has 2 atom stereocenters. The normalized spacial score (nSPS) is 20.7. The highest BCUT2D eigenvalue weighted by molar-refractivity contribution is 7.92. The van der Waals surface area contributed by atoms with Gasteiger partial charge in [0.05, 0.1) is 13.2 Å². The number of halogens is 3. The van der Waals surface area contributed by atoms with Crippen LogP contribution < -0.4 is 5.73 Å². The van der Waals surface area contributed by atoms with Crippen LogP contribution in [-0.2, 0) is 24.0 Å². The molecular formula is C13H23F3N2O4S. The van der Waals surface area contributed by atoms with Crippen molar-refractivity contribution in [2.24, 2.45) is 5.73 Å². The maximum absolute atomic E-state index is 12.0. The predicted molar refractivity (Wildman–Crippen MR) is 78.4 cm³/mol. The summed E-state index contributed by atoms with van der Waals surface area (Å²) in [6.45, 7) is 1.01. The fourth-order valence-corrected chi connectivity index (χ4v) is 3.54. The first-order chi connectivity index (χ1) is 10.6. The van der Waals surface area contributed by atoms with Gasteiger partial charge in [0.2, 0.25) is 0 Å². The van der Waals surface area contributed by atoms with E-state index in [4.69, 9.17) is 20.0 Å². The largest absolute Gasteiger partial charge is 0.461 e. The van der Waals surface area contributed by atoms with Crippen LogP contribution in [0.5, 0.6) is 0 Å². The van der Waals surface area contributed by atoms with Gasteiger partial charge in [-0.15, -0.1) is 0 Å². The van der Waals surface area contributed by atoms with Crippen molar-refractivity contribution in [3.8, 4) is 0 Å². The van der Waals surface area contributed by atoms with Gasteiger partial charge in [-0.2, -0.15) is 13.2 Å². The Kier molecular flexibility index (Phi) is 7.75. The van der Waals surface area contributed by atoms with Crippen molar-refractivity contribution in [2.45, 2.75) is 50.4 Å². The number of alkyl halides is 3. The molecular weight excluding hydrogens is 337 g/mol. The standard InChI is InChI=1S/C13H23F3N2O4S/c14-13(15,16)5-1-8-23(18,20)9-4-11(17)12(19)22-10-2-6-21-7-3-10/h10-11,18H,1-9,17H2/t11-,23?/m0/s1.